The van der Waals surface area contributed by atoms with Crippen LogP contribution in [-0.4, -0.2) is 109 Å². The van der Waals surface area contributed by atoms with Crippen LogP contribution in [0.5, 0.6) is 0 Å². The van der Waals surface area contributed by atoms with Crippen LogP contribution in [-0.2, 0) is 48.0 Å². The number of fused-ring (bicyclic) bond motifs is 3. The number of nitrogens with two attached hydrogens (primary N) is 3. The number of hydrogen-bond donors (Lipinski definition) is 9. The van der Waals surface area contributed by atoms with E-state index >= 15 is 0 Å². The Labute approximate surface area is 514 Å². The molecule has 0 spiro atoms. The lowest BCUT2D eigenvalue weighted by molar-refractivity contribution is -0.127. The first-order valence-electron chi connectivity index (χ1n) is 30.5. The third-order valence-corrected chi connectivity index (χ3v) is 16.7. The van der Waals surface area contributed by atoms with Crippen molar-refractivity contribution in [2.24, 2.45) is 17.2 Å². The van der Waals surface area contributed by atoms with Crippen LogP contribution < -0.4 is 47.9 Å². The predicted molar refractivity (Wildman–Crippen MR) is 351 cm³/mol. The number of carbonyl (C=O) groups is 6. The van der Waals surface area contributed by atoms with Gasteiger partial charge in [0.05, 0.1) is 19.3 Å². The van der Waals surface area contributed by atoms with E-state index in [1.807, 2.05) is 164 Å². The van der Waals surface area contributed by atoms with E-state index in [0.717, 1.165) is 66.1 Å². The van der Waals surface area contributed by atoms with Gasteiger partial charge >= 0.3 is 0 Å². The number of likely N-dealkylation sites (N-methyl/N-ethyl adjacent to an activating group) is 3. The van der Waals surface area contributed by atoms with Crippen molar-refractivity contribution in [2.45, 2.75) is 101 Å². The van der Waals surface area contributed by atoms with Crippen LogP contribution in [0.25, 0.3) is 32.7 Å². The molecule has 458 valence electrons. The Morgan fingerprint density at radius 1 is 0.375 bits per heavy atom. The van der Waals surface area contributed by atoms with Gasteiger partial charge in [-0.25, -0.2) is 0 Å². The molecule has 0 aliphatic rings. The molecule has 0 fully saturated rings. The summed E-state index contributed by atoms with van der Waals surface area (Å²) in [5.41, 5.74) is 27.5. The first-order chi connectivity index (χ1) is 42.7. The fourth-order valence-corrected chi connectivity index (χ4v) is 11.7. The minimum atomic E-state index is -0.792. The highest BCUT2D eigenvalue weighted by molar-refractivity contribution is 6.02. The minimum absolute atomic E-state index is 0.105. The number of amides is 6. The van der Waals surface area contributed by atoms with E-state index < -0.39 is 18.1 Å². The van der Waals surface area contributed by atoms with Crippen molar-refractivity contribution >= 4 is 85.2 Å². The fourth-order valence-electron chi connectivity index (χ4n) is 11.7. The second kappa shape index (κ2) is 30.3. The van der Waals surface area contributed by atoms with Crippen molar-refractivity contribution in [3.63, 3.8) is 0 Å². The molecule has 6 amide bonds. The van der Waals surface area contributed by atoms with Gasteiger partial charge in [-0.2, -0.15) is 0 Å². The van der Waals surface area contributed by atoms with Crippen molar-refractivity contribution in [1.29, 1.82) is 0 Å². The molecule has 0 radical (unpaired) electrons. The second-order valence-electron chi connectivity index (χ2n) is 22.7. The monoisotopic (exact) mass is 1190 g/mol. The molecule has 0 unspecified atom stereocenters. The van der Waals surface area contributed by atoms with Crippen LogP contribution in [0.3, 0.4) is 0 Å². The van der Waals surface area contributed by atoms with E-state index in [9.17, 15) is 28.8 Å². The van der Waals surface area contributed by atoms with Gasteiger partial charge < -0.3 is 62.8 Å². The van der Waals surface area contributed by atoms with Crippen LogP contribution in [0.1, 0.15) is 97.1 Å². The number of aromatic nitrogens is 3. The molecule has 3 heterocycles. The van der Waals surface area contributed by atoms with Crippen molar-refractivity contribution in [1.82, 2.24) is 30.9 Å². The fraction of sp³-hybridized carbons (Fsp3) is 0.314. The molecule has 0 bridgehead atoms. The summed E-state index contributed by atoms with van der Waals surface area (Å²) in [6.07, 6.45) is 11.1. The van der Waals surface area contributed by atoms with E-state index in [0.29, 0.717) is 94.5 Å². The molecule has 18 nitrogen and oxygen atoms in total. The summed E-state index contributed by atoms with van der Waals surface area (Å²) in [5, 5.41) is 12.0. The molecule has 6 aromatic carbocycles. The van der Waals surface area contributed by atoms with Crippen LogP contribution in [0.2, 0.25) is 0 Å². The topological polar surface area (TPSA) is 274 Å². The number of hydrogen-bond acceptors (Lipinski definition) is 9. The number of benzene rings is 6. The normalized spacial score (nSPS) is 12.4. The maximum Gasteiger partial charge on any atom is 0.249 e. The van der Waals surface area contributed by atoms with Gasteiger partial charge in [-0.1, -0.05) is 91.0 Å². The summed E-state index contributed by atoms with van der Waals surface area (Å²) in [6, 6.07) is 44.2. The zero-order valence-corrected chi connectivity index (χ0v) is 50.5. The molecule has 88 heavy (non-hydrogen) atoms. The van der Waals surface area contributed by atoms with Crippen molar-refractivity contribution < 1.29 is 28.8 Å². The Morgan fingerprint density at radius 3 is 0.898 bits per heavy atom. The summed E-state index contributed by atoms with van der Waals surface area (Å²) in [5.74, 6) is -1.95. The first kappa shape index (κ1) is 63.2. The van der Waals surface area contributed by atoms with Gasteiger partial charge in [-0.15, -0.1) is 0 Å². The maximum atomic E-state index is 14.4. The highest BCUT2D eigenvalue weighted by Gasteiger charge is 2.30. The smallest absolute Gasteiger partial charge is 0.249 e. The minimum Gasteiger partial charge on any atom is -0.361 e. The van der Waals surface area contributed by atoms with Crippen LogP contribution >= 0.6 is 0 Å². The molecule has 0 saturated heterocycles. The quantitative estimate of drug-likeness (QED) is 0.0154. The Bertz CT molecular complexity index is 3420. The van der Waals surface area contributed by atoms with E-state index in [2.05, 4.69) is 30.9 Å². The molecule has 12 N–H and O–H groups in total. The molecular weight excluding hydrogens is 1100 g/mol. The Hall–Kier alpha value is -9.36. The highest BCUT2D eigenvalue weighted by Crippen LogP contribution is 2.36. The molecule has 0 aliphatic carbocycles. The van der Waals surface area contributed by atoms with Gasteiger partial charge in [0.15, 0.2) is 0 Å². The summed E-state index contributed by atoms with van der Waals surface area (Å²) >= 11 is 0. The number of unbranched alkanes of at least 4 members (excludes halogenated alkanes) is 3. The molecular formula is C70H82N12O6. The Morgan fingerprint density at radius 2 is 0.636 bits per heavy atom. The van der Waals surface area contributed by atoms with Gasteiger partial charge in [0.2, 0.25) is 35.4 Å². The van der Waals surface area contributed by atoms with Crippen molar-refractivity contribution in [2.75, 3.05) is 55.5 Å². The van der Waals surface area contributed by atoms with Gasteiger partial charge in [0.25, 0.3) is 0 Å². The average molecular weight is 1190 g/mol. The van der Waals surface area contributed by atoms with Crippen LogP contribution in [0, 0.1) is 0 Å². The number of nitrogens with one attached hydrogen (secondary N) is 6. The summed E-state index contributed by atoms with van der Waals surface area (Å²) < 4.78 is 0. The number of aromatic amines is 3. The lowest BCUT2D eigenvalue weighted by atomic mass is 9.85. The van der Waals surface area contributed by atoms with E-state index in [4.69, 9.17) is 17.2 Å². The third-order valence-electron chi connectivity index (χ3n) is 16.7. The molecule has 9 rings (SSSR count). The van der Waals surface area contributed by atoms with Gasteiger partial charge in [-0.05, 0) is 165 Å². The number of rotatable bonds is 30. The molecule has 0 saturated carbocycles. The molecule has 3 aromatic heterocycles. The van der Waals surface area contributed by atoms with Crippen molar-refractivity contribution in [3.05, 3.63) is 198 Å². The van der Waals surface area contributed by atoms with Crippen LogP contribution in [0.4, 0.5) is 17.1 Å². The van der Waals surface area contributed by atoms with Gasteiger partial charge in [0, 0.05) is 95.4 Å². The van der Waals surface area contributed by atoms with E-state index in [1.165, 1.54) is 0 Å². The van der Waals surface area contributed by atoms with E-state index in [-0.39, 0.29) is 60.6 Å². The van der Waals surface area contributed by atoms with Gasteiger partial charge in [-0.3, -0.25) is 28.8 Å². The SMILES string of the molecule is CN(C(=O)[C@@H](CCCCN)NC(=O)Cc1c[nH]c2ccccc12)c1ccc(C(c2ccc(N(C)C(=O)[C@@H](CCCCN)NC(=O)Cc3c[nH]c4ccccc34)cc2)c2ccc(N(C)C(=O)[C@@H](CCCCN)NC(=O)Cc3c[nH]c4ccccc34)cc2)cc1. The van der Waals surface area contributed by atoms with Gasteiger partial charge in [0.1, 0.15) is 18.1 Å². The standard InChI is InChI=1S/C70H82N12O6/c1-80(68(86)61(22-10-13-37-71)77-64(83)40-49-43-74-58-19-7-4-16-55(49)58)52-31-25-46(26-32-52)67(47-27-33-53(34-28-47)81(2)69(87)62(23-11-14-38-72)78-65(84)41-50-44-75-59-20-8-5-17-56(50)59)48-29-35-54(36-30-48)82(3)70(88)63(24-12-15-39-73)79-66(85)42-51-45-76-60-21-9-6-18-57(51)60/h4-9,16-21,25-36,43-45,61-63,67,74-76H,10-15,22-24,37-42,71-73H2,1-3H3,(H,77,83)(H,78,84)(H,79,85)/t61-,62-,63-/m1/s1. The molecule has 3 atom stereocenters. The summed E-state index contributed by atoms with van der Waals surface area (Å²) in [7, 11) is 5.12. The number of nitrogens with zero attached hydrogens (tertiary/aromatic N) is 3. The number of para-hydroxylation sites is 3. The average Bonchev–Trinajstić information content (AvgIpc) is 3.98. The largest absolute Gasteiger partial charge is 0.361 e. The van der Waals surface area contributed by atoms with Crippen LogP contribution in [0.15, 0.2) is 164 Å². The summed E-state index contributed by atoms with van der Waals surface area (Å²) in [4.78, 5) is 98.5. The summed E-state index contributed by atoms with van der Waals surface area (Å²) in [6.45, 7) is 1.39. The Kier molecular flexibility index (Phi) is 21.8. The second-order valence-corrected chi connectivity index (χ2v) is 22.7. The number of anilines is 3. The Balaban J connectivity index is 0.962. The predicted octanol–water partition coefficient (Wildman–Crippen LogP) is 8.77. The first-order valence-corrected chi connectivity index (χ1v) is 30.5. The van der Waals surface area contributed by atoms with E-state index in [1.54, 1.807) is 35.8 Å². The number of H-pyrrole nitrogens is 3. The zero-order chi connectivity index (χ0) is 62.1. The zero-order valence-electron chi connectivity index (χ0n) is 50.5. The molecule has 9 aromatic rings. The highest BCUT2D eigenvalue weighted by atomic mass is 16.2. The molecule has 0 aliphatic heterocycles. The lowest BCUT2D eigenvalue weighted by Crippen LogP contribution is -2.48. The third kappa shape index (κ3) is 15.6. The number of carbonyl (C=O) groups excluding carboxylic acids is 6. The lowest BCUT2D eigenvalue weighted by Gasteiger charge is -2.27. The van der Waals surface area contributed by atoms with Crippen molar-refractivity contribution in [3.8, 4) is 0 Å². The molecule has 18 heteroatoms. The maximum absolute atomic E-state index is 14.4.